The van der Waals surface area contributed by atoms with E-state index in [2.05, 4.69) is 15.0 Å². The maximum absolute atomic E-state index is 11.7. The fourth-order valence-corrected chi connectivity index (χ4v) is 2.57. The standard InChI is InChI=1S/C13H13ClN4O5/c1-21-8-9(22-2)13(20,23-12(8)19)3-4-18-6-17-7-10(14)15-5-16-11(7)18/h5-6,20H,3-4H2,1-2H3/t13-/m1/s1. The summed E-state index contributed by atoms with van der Waals surface area (Å²) in [5.74, 6) is -2.92. The summed E-state index contributed by atoms with van der Waals surface area (Å²) in [6.07, 6.45) is 2.84. The second-order valence-electron chi connectivity index (χ2n) is 4.77. The van der Waals surface area contributed by atoms with E-state index in [1.807, 2.05) is 0 Å². The van der Waals surface area contributed by atoms with E-state index < -0.39 is 11.8 Å². The third-order valence-electron chi connectivity index (χ3n) is 3.46. The van der Waals surface area contributed by atoms with Crippen molar-refractivity contribution in [3.63, 3.8) is 0 Å². The number of methoxy groups -OCH3 is 2. The van der Waals surface area contributed by atoms with Crippen molar-refractivity contribution in [2.45, 2.75) is 18.8 Å². The molecule has 10 heteroatoms. The molecule has 0 radical (unpaired) electrons. The van der Waals surface area contributed by atoms with Crippen LogP contribution in [-0.4, -0.2) is 50.6 Å². The van der Waals surface area contributed by atoms with Gasteiger partial charge in [0.25, 0.3) is 5.79 Å². The number of aryl methyl sites for hydroxylation is 1. The molecule has 0 fully saturated rings. The molecular formula is C13H13ClN4O5. The highest BCUT2D eigenvalue weighted by Crippen LogP contribution is 2.35. The highest BCUT2D eigenvalue weighted by Gasteiger charge is 2.49. The van der Waals surface area contributed by atoms with E-state index in [1.165, 1.54) is 26.9 Å². The SMILES string of the molecule is COC1=C(OC)[C@@](O)(CCn2cnc3c(Cl)ncnc32)OC1=O. The first-order valence-corrected chi connectivity index (χ1v) is 6.97. The quantitative estimate of drug-likeness (QED) is 0.623. The number of ether oxygens (including phenoxy) is 3. The summed E-state index contributed by atoms with van der Waals surface area (Å²) in [4.78, 5) is 23.8. The van der Waals surface area contributed by atoms with Gasteiger partial charge in [-0.25, -0.2) is 19.7 Å². The Balaban J connectivity index is 1.86. The molecule has 122 valence electrons. The van der Waals surface area contributed by atoms with Gasteiger partial charge in [0, 0.05) is 13.0 Å². The van der Waals surface area contributed by atoms with Crippen LogP contribution in [0.2, 0.25) is 5.15 Å². The summed E-state index contributed by atoms with van der Waals surface area (Å²) in [5.41, 5.74) is 0.956. The van der Waals surface area contributed by atoms with Crippen molar-refractivity contribution >= 4 is 28.7 Å². The topological polar surface area (TPSA) is 109 Å². The largest absolute Gasteiger partial charge is 0.491 e. The molecule has 1 atom stereocenters. The second-order valence-corrected chi connectivity index (χ2v) is 5.12. The molecule has 1 N–H and O–H groups in total. The van der Waals surface area contributed by atoms with Gasteiger partial charge >= 0.3 is 5.97 Å². The molecule has 1 aliphatic rings. The number of halogens is 1. The van der Waals surface area contributed by atoms with Crippen LogP contribution in [0.25, 0.3) is 11.2 Å². The first-order chi connectivity index (χ1) is 11.0. The highest BCUT2D eigenvalue weighted by molar-refractivity contribution is 6.33. The Morgan fingerprint density at radius 1 is 1.35 bits per heavy atom. The number of cyclic esters (lactones) is 1. The van der Waals surface area contributed by atoms with Gasteiger partial charge in [-0.15, -0.1) is 0 Å². The van der Waals surface area contributed by atoms with E-state index in [1.54, 1.807) is 4.57 Å². The normalized spacial score (nSPS) is 21.0. The maximum Gasteiger partial charge on any atom is 0.380 e. The van der Waals surface area contributed by atoms with Crippen LogP contribution < -0.4 is 0 Å². The van der Waals surface area contributed by atoms with Gasteiger partial charge in [-0.05, 0) is 0 Å². The number of imidazole rings is 1. The van der Waals surface area contributed by atoms with E-state index in [9.17, 15) is 9.90 Å². The lowest BCUT2D eigenvalue weighted by atomic mass is 10.1. The summed E-state index contributed by atoms with van der Waals surface area (Å²) >= 11 is 5.94. The van der Waals surface area contributed by atoms with Crippen LogP contribution >= 0.6 is 11.6 Å². The molecule has 0 saturated carbocycles. The summed E-state index contributed by atoms with van der Waals surface area (Å²) in [6, 6.07) is 0. The van der Waals surface area contributed by atoms with E-state index in [-0.39, 0.29) is 29.6 Å². The zero-order valence-electron chi connectivity index (χ0n) is 12.3. The van der Waals surface area contributed by atoms with Gasteiger partial charge in [0.05, 0.1) is 20.5 Å². The van der Waals surface area contributed by atoms with E-state index in [4.69, 9.17) is 25.8 Å². The van der Waals surface area contributed by atoms with Gasteiger partial charge < -0.3 is 23.9 Å². The smallest absolute Gasteiger partial charge is 0.380 e. The van der Waals surface area contributed by atoms with Crippen LogP contribution in [0.5, 0.6) is 0 Å². The molecule has 23 heavy (non-hydrogen) atoms. The zero-order chi connectivity index (χ0) is 16.6. The average Bonchev–Trinajstić information content (AvgIpc) is 3.04. The minimum Gasteiger partial charge on any atom is -0.491 e. The van der Waals surface area contributed by atoms with Gasteiger partial charge in [-0.1, -0.05) is 11.6 Å². The molecule has 0 unspecified atom stereocenters. The van der Waals surface area contributed by atoms with Gasteiger partial charge in [-0.3, -0.25) is 0 Å². The first-order valence-electron chi connectivity index (χ1n) is 6.60. The van der Waals surface area contributed by atoms with E-state index in [0.29, 0.717) is 11.2 Å². The van der Waals surface area contributed by atoms with Crippen molar-refractivity contribution < 1.29 is 24.1 Å². The predicted molar refractivity (Wildman–Crippen MR) is 77.0 cm³/mol. The van der Waals surface area contributed by atoms with Gasteiger partial charge in [0.1, 0.15) is 11.8 Å². The minimum absolute atomic E-state index is 0.0157. The first kappa shape index (κ1) is 15.5. The number of aromatic nitrogens is 4. The number of fused-ring (bicyclic) bond motifs is 1. The lowest BCUT2D eigenvalue weighted by molar-refractivity contribution is -0.194. The summed E-state index contributed by atoms with van der Waals surface area (Å²) in [7, 11) is 2.62. The zero-order valence-corrected chi connectivity index (χ0v) is 13.1. The Bertz CT molecular complexity index is 805. The number of hydrogen-bond acceptors (Lipinski definition) is 8. The Kier molecular flexibility index (Phi) is 3.82. The van der Waals surface area contributed by atoms with Crippen molar-refractivity contribution in [3.8, 4) is 0 Å². The lowest BCUT2D eigenvalue weighted by Crippen LogP contribution is -2.34. The van der Waals surface area contributed by atoms with Crippen LogP contribution in [0.3, 0.4) is 0 Å². The fourth-order valence-electron chi connectivity index (χ4n) is 2.40. The van der Waals surface area contributed by atoms with Crippen LogP contribution in [0.15, 0.2) is 24.2 Å². The van der Waals surface area contributed by atoms with Gasteiger partial charge in [0.15, 0.2) is 10.8 Å². The highest BCUT2D eigenvalue weighted by atomic mass is 35.5. The number of carbonyl (C=O) groups excluding carboxylic acids is 1. The molecule has 0 bridgehead atoms. The molecule has 2 aromatic rings. The van der Waals surface area contributed by atoms with Gasteiger partial charge in [0.2, 0.25) is 11.5 Å². The molecule has 2 aromatic heterocycles. The monoisotopic (exact) mass is 340 g/mol. The number of esters is 1. The molecule has 0 aliphatic carbocycles. The Hall–Kier alpha value is -2.39. The summed E-state index contributed by atoms with van der Waals surface area (Å²) in [6.45, 7) is 0.247. The third kappa shape index (κ3) is 2.47. The molecule has 3 rings (SSSR count). The van der Waals surface area contributed by atoms with E-state index in [0.717, 1.165) is 0 Å². The van der Waals surface area contributed by atoms with Crippen molar-refractivity contribution in [1.29, 1.82) is 0 Å². The Labute approximate surface area is 135 Å². The van der Waals surface area contributed by atoms with Crippen molar-refractivity contribution in [3.05, 3.63) is 29.3 Å². The molecule has 3 heterocycles. The fraction of sp³-hybridized carbons (Fsp3) is 0.385. The Morgan fingerprint density at radius 3 is 2.83 bits per heavy atom. The Morgan fingerprint density at radius 2 is 2.13 bits per heavy atom. The van der Waals surface area contributed by atoms with Gasteiger partial charge in [-0.2, -0.15) is 0 Å². The predicted octanol–water partition coefficient (Wildman–Crippen LogP) is 0.620. The molecule has 0 aromatic carbocycles. The molecular weight excluding hydrogens is 328 g/mol. The van der Waals surface area contributed by atoms with Crippen LogP contribution in [-0.2, 0) is 25.5 Å². The summed E-state index contributed by atoms with van der Waals surface area (Å²) in [5, 5.41) is 10.8. The average molecular weight is 341 g/mol. The van der Waals surface area contributed by atoms with Crippen LogP contribution in [0, 0.1) is 0 Å². The molecule has 0 saturated heterocycles. The molecule has 0 amide bonds. The van der Waals surface area contributed by atoms with E-state index >= 15 is 0 Å². The number of nitrogens with zero attached hydrogens (tertiary/aromatic N) is 4. The third-order valence-corrected chi connectivity index (χ3v) is 3.74. The number of aliphatic hydroxyl groups is 1. The number of rotatable bonds is 5. The maximum atomic E-state index is 11.7. The second kappa shape index (κ2) is 5.67. The van der Waals surface area contributed by atoms with Crippen LogP contribution in [0.4, 0.5) is 0 Å². The van der Waals surface area contributed by atoms with Crippen molar-refractivity contribution in [2.75, 3.05) is 14.2 Å². The lowest BCUT2D eigenvalue weighted by Gasteiger charge is -2.23. The molecule has 9 nitrogen and oxygen atoms in total. The minimum atomic E-state index is -1.91. The van der Waals surface area contributed by atoms with Crippen molar-refractivity contribution in [2.24, 2.45) is 0 Å². The number of carbonyl (C=O) groups is 1. The summed E-state index contributed by atoms with van der Waals surface area (Å²) < 4.78 is 16.6. The molecule has 1 aliphatic heterocycles. The van der Waals surface area contributed by atoms with Crippen LogP contribution in [0.1, 0.15) is 6.42 Å². The molecule has 0 spiro atoms. The van der Waals surface area contributed by atoms with Crippen molar-refractivity contribution in [1.82, 2.24) is 19.5 Å². The number of hydrogen-bond donors (Lipinski definition) is 1.